The number of rotatable bonds is 3. The quantitative estimate of drug-likeness (QED) is 0.919. The van der Waals surface area contributed by atoms with Gasteiger partial charge in [-0.3, -0.25) is 4.79 Å². The van der Waals surface area contributed by atoms with Crippen molar-refractivity contribution in [1.29, 1.82) is 0 Å². The molecule has 110 valence electrons. The van der Waals surface area contributed by atoms with Crippen molar-refractivity contribution in [2.75, 3.05) is 18.4 Å². The molecule has 1 aromatic carbocycles. The summed E-state index contributed by atoms with van der Waals surface area (Å²) in [5.41, 5.74) is 0.948. The molecule has 0 aliphatic carbocycles. The van der Waals surface area contributed by atoms with Crippen molar-refractivity contribution in [3.8, 4) is 0 Å². The summed E-state index contributed by atoms with van der Waals surface area (Å²) in [5.74, 6) is 0.120. The monoisotopic (exact) mass is 340 g/mol. The van der Waals surface area contributed by atoms with E-state index in [-0.39, 0.29) is 24.2 Å². The number of carbonyl (C=O) groups is 1. The molecule has 5 heteroatoms. The molecule has 1 aliphatic rings. The number of hydrogen-bond donors (Lipinski definition) is 1. The molecule has 0 bridgehead atoms. The lowest BCUT2D eigenvalue weighted by Crippen LogP contribution is -2.52. The maximum Gasteiger partial charge on any atom is 0.244 e. The maximum absolute atomic E-state index is 12.5. The number of amides is 1. The maximum atomic E-state index is 12.5. The third-order valence-electron chi connectivity index (χ3n) is 3.33. The summed E-state index contributed by atoms with van der Waals surface area (Å²) in [6.07, 6.45) is 0.199. The van der Waals surface area contributed by atoms with Crippen LogP contribution >= 0.6 is 15.9 Å². The minimum atomic E-state index is -0.242. The molecule has 0 unspecified atom stereocenters. The third kappa shape index (κ3) is 3.96. The lowest BCUT2D eigenvalue weighted by molar-refractivity contribution is -0.143. The molecule has 1 saturated heterocycles. The Morgan fingerprint density at radius 3 is 2.40 bits per heavy atom. The number of halogens is 1. The average Bonchev–Trinajstić information content (AvgIpc) is 2.39. The molecule has 3 atom stereocenters. The highest BCUT2D eigenvalue weighted by atomic mass is 79.9. The van der Waals surface area contributed by atoms with E-state index in [0.717, 1.165) is 10.2 Å². The second kappa shape index (κ2) is 6.59. The van der Waals surface area contributed by atoms with Crippen LogP contribution < -0.4 is 5.32 Å². The van der Waals surface area contributed by atoms with Gasteiger partial charge in [0.05, 0.1) is 12.2 Å². The van der Waals surface area contributed by atoms with E-state index in [0.29, 0.717) is 13.1 Å². The first-order valence-corrected chi connectivity index (χ1v) is 7.71. The lowest BCUT2D eigenvalue weighted by Gasteiger charge is -2.36. The third-order valence-corrected chi connectivity index (χ3v) is 3.86. The van der Waals surface area contributed by atoms with Crippen LogP contribution in [0.25, 0.3) is 0 Å². The molecule has 1 heterocycles. The van der Waals surface area contributed by atoms with E-state index < -0.39 is 0 Å². The summed E-state index contributed by atoms with van der Waals surface area (Å²) < 4.78 is 6.68. The average molecular weight is 341 g/mol. The fraction of sp³-hybridized carbons (Fsp3) is 0.533. The van der Waals surface area contributed by atoms with Crippen molar-refractivity contribution < 1.29 is 9.53 Å². The van der Waals surface area contributed by atoms with Crippen LogP contribution in [-0.2, 0) is 9.53 Å². The number of nitrogens with one attached hydrogen (secondary N) is 1. The van der Waals surface area contributed by atoms with E-state index >= 15 is 0 Å². The van der Waals surface area contributed by atoms with Crippen molar-refractivity contribution >= 4 is 27.5 Å². The number of benzene rings is 1. The van der Waals surface area contributed by atoms with E-state index in [1.54, 1.807) is 0 Å². The molecule has 1 aromatic rings. The molecule has 1 fully saturated rings. The second-order valence-corrected chi connectivity index (χ2v) is 6.29. The van der Waals surface area contributed by atoms with Gasteiger partial charge in [-0.05, 0) is 45.0 Å². The number of carbonyl (C=O) groups excluding carboxylic acids is 1. The summed E-state index contributed by atoms with van der Waals surface area (Å²) >= 11 is 3.40. The van der Waals surface area contributed by atoms with Crippen LogP contribution in [0.4, 0.5) is 5.69 Å². The Labute approximate surface area is 128 Å². The smallest absolute Gasteiger partial charge is 0.244 e. The molecular formula is C15H21BrN2O2. The van der Waals surface area contributed by atoms with Gasteiger partial charge in [0.2, 0.25) is 5.91 Å². The van der Waals surface area contributed by atoms with Crippen LogP contribution in [0, 0.1) is 0 Å². The van der Waals surface area contributed by atoms with Gasteiger partial charge in [0.15, 0.2) is 0 Å². The van der Waals surface area contributed by atoms with Crippen LogP contribution in [0.15, 0.2) is 28.7 Å². The fourth-order valence-electron chi connectivity index (χ4n) is 2.49. The molecule has 0 radical (unpaired) electrons. The SMILES string of the molecule is C[C@@H]1CN(C(=O)[C@H](C)Nc2ccc(Br)cc2)C[C@@H](C)O1. The second-order valence-electron chi connectivity index (χ2n) is 5.37. The predicted molar refractivity (Wildman–Crippen MR) is 83.8 cm³/mol. The molecule has 1 aliphatic heterocycles. The van der Waals surface area contributed by atoms with Crippen LogP contribution in [0.2, 0.25) is 0 Å². The number of anilines is 1. The van der Waals surface area contributed by atoms with Gasteiger partial charge >= 0.3 is 0 Å². The van der Waals surface area contributed by atoms with Gasteiger partial charge in [0, 0.05) is 23.2 Å². The molecule has 0 saturated carbocycles. The first-order valence-electron chi connectivity index (χ1n) is 6.92. The van der Waals surface area contributed by atoms with Gasteiger partial charge in [-0.15, -0.1) is 0 Å². The number of morpholine rings is 1. The largest absolute Gasteiger partial charge is 0.374 e. The number of nitrogens with zero attached hydrogens (tertiary/aromatic N) is 1. The minimum Gasteiger partial charge on any atom is -0.374 e. The first kappa shape index (κ1) is 15.3. The predicted octanol–water partition coefficient (Wildman–Crippen LogP) is 2.89. The van der Waals surface area contributed by atoms with Gasteiger partial charge in [0.1, 0.15) is 6.04 Å². The van der Waals surface area contributed by atoms with E-state index in [2.05, 4.69) is 21.2 Å². The Kier molecular flexibility index (Phi) is 5.05. The van der Waals surface area contributed by atoms with Crippen LogP contribution in [0.1, 0.15) is 20.8 Å². The fourth-order valence-corrected chi connectivity index (χ4v) is 2.75. The van der Waals surface area contributed by atoms with Gasteiger partial charge in [0.25, 0.3) is 0 Å². The number of ether oxygens (including phenoxy) is 1. The van der Waals surface area contributed by atoms with E-state index in [4.69, 9.17) is 4.74 Å². The van der Waals surface area contributed by atoms with Crippen molar-refractivity contribution in [1.82, 2.24) is 4.90 Å². The molecule has 1 amide bonds. The van der Waals surface area contributed by atoms with Crippen LogP contribution in [0.5, 0.6) is 0 Å². The van der Waals surface area contributed by atoms with Gasteiger partial charge < -0.3 is 15.0 Å². The zero-order valence-electron chi connectivity index (χ0n) is 12.1. The molecule has 2 rings (SSSR count). The van der Waals surface area contributed by atoms with Crippen molar-refractivity contribution in [3.63, 3.8) is 0 Å². The molecule has 0 aromatic heterocycles. The topological polar surface area (TPSA) is 41.6 Å². The summed E-state index contributed by atoms with van der Waals surface area (Å²) in [6.45, 7) is 7.23. The zero-order valence-corrected chi connectivity index (χ0v) is 13.7. The highest BCUT2D eigenvalue weighted by molar-refractivity contribution is 9.10. The van der Waals surface area contributed by atoms with Crippen LogP contribution in [-0.4, -0.2) is 42.1 Å². The number of hydrogen-bond acceptors (Lipinski definition) is 3. The molecular weight excluding hydrogens is 320 g/mol. The Morgan fingerprint density at radius 2 is 1.85 bits per heavy atom. The van der Waals surface area contributed by atoms with Gasteiger partial charge in [-0.2, -0.15) is 0 Å². The van der Waals surface area contributed by atoms with Crippen molar-refractivity contribution in [3.05, 3.63) is 28.7 Å². The van der Waals surface area contributed by atoms with Gasteiger partial charge in [-0.1, -0.05) is 15.9 Å². The molecule has 1 N–H and O–H groups in total. The Morgan fingerprint density at radius 1 is 1.30 bits per heavy atom. The van der Waals surface area contributed by atoms with E-state index in [9.17, 15) is 4.79 Å². The summed E-state index contributed by atoms with van der Waals surface area (Å²) in [6, 6.07) is 7.59. The lowest BCUT2D eigenvalue weighted by atomic mass is 10.2. The van der Waals surface area contributed by atoms with Crippen LogP contribution in [0.3, 0.4) is 0 Å². The standard InChI is InChI=1S/C15H21BrN2O2/c1-10-8-18(9-11(2)20-10)15(19)12(3)17-14-6-4-13(16)5-7-14/h4-7,10-12,17H,8-9H2,1-3H3/t10-,11-,12+/m1/s1. The molecule has 20 heavy (non-hydrogen) atoms. The Hall–Kier alpha value is -1.07. The minimum absolute atomic E-state index is 0.0996. The van der Waals surface area contributed by atoms with Crippen molar-refractivity contribution in [2.24, 2.45) is 0 Å². The highest BCUT2D eigenvalue weighted by Crippen LogP contribution is 2.17. The Bertz CT molecular complexity index is 453. The van der Waals surface area contributed by atoms with E-state index in [1.807, 2.05) is 49.9 Å². The van der Waals surface area contributed by atoms with Crippen molar-refractivity contribution in [2.45, 2.75) is 39.0 Å². The molecule has 4 nitrogen and oxygen atoms in total. The zero-order chi connectivity index (χ0) is 14.7. The van der Waals surface area contributed by atoms with E-state index in [1.165, 1.54) is 0 Å². The summed E-state index contributed by atoms with van der Waals surface area (Å²) in [7, 11) is 0. The highest BCUT2D eigenvalue weighted by Gasteiger charge is 2.28. The normalized spacial score (nSPS) is 24.3. The van der Waals surface area contributed by atoms with Gasteiger partial charge in [-0.25, -0.2) is 0 Å². The summed E-state index contributed by atoms with van der Waals surface area (Å²) in [5, 5.41) is 3.24. The Balaban J connectivity index is 1.96. The molecule has 0 spiro atoms. The first-order chi connectivity index (χ1) is 9.45. The summed E-state index contributed by atoms with van der Waals surface area (Å²) in [4.78, 5) is 14.3.